The van der Waals surface area contributed by atoms with Gasteiger partial charge in [0.05, 0.1) is 13.0 Å². The molecule has 0 radical (unpaired) electrons. The number of likely N-dealkylation sites (tertiary alicyclic amines) is 1. The molecule has 6 nitrogen and oxygen atoms in total. The second-order valence-electron chi connectivity index (χ2n) is 5.64. The maximum atomic E-state index is 12.3. The topological polar surface area (TPSA) is 71.5 Å². The highest BCUT2D eigenvalue weighted by Crippen LogP contribution is 2.24. The Morgan fingerprint density at radius 3 is 3.00 bits per heavy atom. The molecule has 2 amide bonds. The average Bonchev–Trinajstić information content (AvgIpc) is 2.80. The van der Waals surface area contributed by atoms with Crippen LogP contribution in [0.3, 0.4) is 0 Å². The summed E-state index contributed by atoms with van der Waals surface area (Å²) in [5.41, 5.74) is 0.528. The predicted molar refractivity (Wildman–Crippen MR) is 78.9 cm³/mol. The standard InChI is InChI=1S/C15H21N3O3/c1-10(2)8-18-9-11(7-13(18)19)14(20)17-12-5-4-6-16-15(12)21-3/h4-6,10-11H,7-9H2,1-3H3,(H,17,20). The van der Waals surface area contributed by atoms with Crippen LogP contribution in [0.1, 0.15) is 20.3 Å². The monoisotopic (exact) mass is 291 g/mol. The van der Waals surface area contributed by atoms with Gasteiger partial charge in [-0.1, -0.05) is 13.8 Å². The lowest BCUT2D eigenvalue weighted by Crippen LogP contribution is -2.31. The molecule has 6 heteroatoms. The molecule has 0 bridgehead atoms. The van der Waals surface area contributed by atoms with E-state index in [1.54, 1.807) is 23.2 Å². The lowest BCUT2D eigenvalue weighted by Gasteiger charge is -2.18. The highest BCUT2D eigenvalue weighted by Gasteiger charge is 2.34. The third-order valence-corrected chi connectivity index (χ3v) is 3.39. The number of aromatic nitrogens is 1. The van der Waals surface area contributed by atoms with E-state index in [0.717, 1.165) is 0 Å². The van der Waals surface area contributed by atoms with E-state index in [1.165, 1.54) is 7.11 Å². The molecule has 1 aromatic rings. The van der Waals surface area contributed by atoms with Gasteiger partial charge >= 0.3 is 0 Å². The van der Waals surface area contributed by atoms with E-state index < -0.39 is 0 Å². The van der Waals surface area contributed by atoms with Gasteiger partial charge in [-0.25, -0.2) is 4.98 Å². The first kappa shape index (κ1) is 15.3. The molecule has 114 valence electrons. The Labute approximate surface area is 124 Å². The Balaban J connectivity index is 2.00. The van der Waals surface area contributed by atoms with Crippen molar-refractivity contribution < 1.29 is 14.3 Å². The van der Waals surface area contributed by atoms with Crippen LogP contribution in [0.25, 0.3) is 0 Å². The van der Waals surface area contributed by atoms with Crippen LogP contribution in [0.4, 0.5) is 5.69 Å². The molecule has 0 spiro atoms. The summed E-state index contributed by atoms with van der Waals surface area (Å²) in [6.45, 7) is 5.28. The molecule has 1 atom stereocenters. The van der Waals surface area contributed by atoms with Crippen LogP contribution in [0.2, 0.25) is 0 Å². The number of amides is 2. The first-order chi connectivity index (χ1) is 10.0. The fraction of sp³-hybridized carbons (Fsp3) is 0.533. The predicted octanol–water partition coefficient (Wildman–Crippen LogP) is 1.53. The SMILES string of the molecule is COc1ncccc1NC(=O)C1CC(=O)N(CC(C)C)C1. The van der Waals surface area contributed by atoms with Gasteiger partial charge in [0.2, 0.25) is 17.7 Å². The van der Waals surface area contributed by atoms with E-state index in [4.69, 9.17) is 4.74 Å². The zero-order valence-corrected chi connectivity index (χ0v) is 12.6. The van der Waals surface area contributed by atoms with Crippen LogP contribution in [0, 0.1) is 11.8 Å². The molecule has 21 heavy (non-hydrogen) atoms. The maximum Gasteiger partial charge on any atom is 0.237 e. The maximum absolute atomic E-state index is 12.3. The van der Waals surface area contributed by atoms with E-state index in [9.17, 15) is 9.59 Å². The van der Waals surface area contributed by atoms with E-state index in [0.29, 0.717) is 30.6 Å². The third-order valence-electron chi connectivity index (χ3n) is 3.39. The summed E-state index contributed by atoms with van der Waals surface area (Å²) < 4.78 is 5.10. The summed E-state index contributed by atoms with van der Waals surface area (Å²) in [5.74, 6) is 0.326. The van der Waals surface area contributed by atoms with E-state index in [2.05, 4.69) is 24.1 Å². The van der Waals surface area contributed by atoms with Crippen molar-refractivity contribution in [2.75, 3.05) is 25.5 Å². The van der Waals surface area contributed by atoms with Crippen molar-refractivity contribution in [1.82, 2.24) is 9.88 Å². The van der Waals surface area contributed by atoms with Gasteiger partial charge in [0.15, 0.2) is 0 Å². The van der Waals surface area contributed by atoms with Crippen LogP contribution in [0.5, 0.6) is 5.88 Å². The van der Waals surface area contributed by atoms with Crippen molar-refractivity contribution in [3.05, 3.63) is 18.3 Å². The Morgan fingerprint density at radius 1 is 1.57 bits per heavy atom. The Bertz CT molecular complexity index is 531. The van der Waals surface area contributed by atoms with Crippen LogP contribution in [-0.4, -0.2) is 41.9 Å². The zero-order valence-electron chi connectivity index (χ0n) is 12.6. The number of carbonyl (C=O) groups excluding carboxylic acids is 2. The lowest BCUT2D eigenvalue weighted by atomic mass is 10.1. The van der Waals surface area contributed by atoms with E-state index >= 15 is 0 Å². The number of nitrogens with zero attached hydrogens (tertiary/aromatic N) is 2. The molecule has 1 fully saturated rings. The molecule has 0 aliphatic carbocycles. The van der Waals surface area contributed by atoms with E-state index in [1.807, 2.05) is 0 Å². The van der Waals surface area contributed by atoms with Crippen LogP contribution in [0.15, 0.2) is 18.3 Å². The summed E-state index contributed by atoms with van der Waals surface area (Å²) in [6.07, 6.45) is 1.86. The first-order valence-corrected chi connectivity index (χ1v) is 7.09. The second-order valence-corrected chi connectivity index (χ2v) is 5.64. The van der Waals surface area contributed by atoms with Crippen LogP contribution >= 0.6 is 0 Å². The smallest absolute Gasteiger partial charge is 0.237 e. The van der Waals surface area contributed by atoms with Gasteiger partial charge in [-0.3, -0.25) is 9.59 Å². The van der Waals surface area contributed by atoms with Crippen molar-refractivity contribution >= 4 is 17.5 Å². The van der Waals surface area contributed by atoms with Crippen molar-refractivity contribution in [3.8, 4) is 5.88 Å². The minimum absolute atomic E-state index is 0.0435. The Kier molecular flexibility index (Phi) is 4.77. The van der Waals surface area contributed by atoms with Crippen molar-refractivity contribution in [2.24, 2.45) is 11.8 Å². The number of carbonyl (C=O) groups is 2. The summed E-state index contributed by atoms with van der Waals surface area (Å²) >= 11 is 0. The summed E-state index contributed by atoms with van der Waals surface area (Å²) in [6, 6.07) is 3.45. The molecule has 2 rings (SSSR count). The van der Waals surface area contributed by atoms with Crippen LogP contribution in [-0.2, 0) is 9.59 Å². The molecule has 0 saturated carbocycles. The van der Waals surface area contributed by atoms with Gasteiger partial charge in [0, 0.05) is 25.7 Å². The van der Waals surface area contributed by atoms with Gasteiger partial charge in [0.1, 0.15) is 5.69 Å². The first-order valence-electron chi connectivity index (χ1n) is 7.09. The Morgan fingerprint density at radius 2 is 2.33 bits per heavy atom. The summed E-state index contributed by atoms with van der Waals surface area (Å²) in [7, 11) is 1.50. The lowest BCUT2D eigenvalue weighted by molar-refractivity contribution is -0.128. The van der Waals surface area contributed by atoms with E-state index in [-0.39, 0.29) is 24.2 Å². The third kappa shape index (κ3) is 3.71. The number of hydrogen-bond acceptors (Lipinski definition) is 4. The molecule has 2 heterocycles. The van der Waals surface area contributed by atoms with Crippen molar-refractivity contribution in [2.45, 2.75) is 20.3 Å². The quantitative estimate of drug-likeness (QED) is 0.893. The molecule has 1 saturated heterocycles. The molecule has 1 aliphatic heterocycles. The highest BCUT2D eigenvalue weighted by molar-refractivity contribution is 5.97. The molecule has 1 unspecified atom stereocenters. The molecule has 1 aromatic heterocycles. The largest absolute Gasteiger partial charge is 0.480 e. The van der Waals surface area contributed by atoms with Crippen LogP contribution < -0.4 is 10.1 Å². The van der Waals surface area contributed by atoms with Crippen molar-refractivity contribution in [1.29, 1.82) is 0 Å². The number of nitrogens with one attached hydrogen (secondary N) is 1. The fourth-order valence-corrected chi connectivity index (χ4v) is 2.45. The number of ether oxygens (including phenoxy) is 1. The molecular weight excluding hydrogens is 270 g/mol. The summed E-state index contributed by atoms with van der Waals surface area (Å²) in [5, 5.41) is 2.79. The Hall–Kier alpha value is -2.11. The van der Waals surface area contributed by atoms with Gasteiger partial charge < -0.3 is 15.0 Å². The van der Waals surface area contributed by atoms with Gasteiger partial charge in [-0.2, -0.15) is 0 Å². The molecular formula is C15H21N3O3. The molecule has 1 N–H and O–H groups in total. The van der Waals surface area contributed by atoms with Gasteiger partial charge in [-0.05, 0) is 18.1 Å². The number of rotatable bonds is 5. The number of methoxy groups -OCH3 is 1. The second kappa shape index (κ2) is 6.56. The number of anilines is 1. The highest BCUT2D eigenvalue weighted by atomic mass is 16.5. The fourth-order valence-electron chi connectivity index (χ4n) is 2.45. The number of hydrogen-bond donors (Lipinski definition) is 1. The summed E-state index contributed by atoms with van der Waals surface area (Å²) in [4.78, 5) is 30.0. The van der Waals surface area contributed by atoms with Gasteiger partial charge in [-0.15, -0.1) is 0 Å². The zero-order chi connectivity index (χ0) is 15.4. The van der Waals surface area contributed by atoms with Gasteiger partial charge in [0.25, 0.3) is 0 Å². The average molecular weight is 291 g/mol. The molecule has 0 aromatic carbocycles. The number of pyridine rings is 1. The molecule has 1 aliphatic rings. The minimum atomic E-state index is -0.318. The van der Waals surface area contributed by atoms with Crippen molar-refractivity contribution in [3.63, 3.8) is 0 Å². The minimum Gasteiger partial charge on any atom is -0.480 e. The normalized spacial score (nSPS) is 18.2.